The third-order valence-corrected chi connectivity index (χ3v) is 11.9. The Morgan fingerprint density at radius 3 is 1.32 bits per heavy atom. The zero-order valence-electron chi connectivity index (χ0n) is 40.1. The number of allylic oxidation sites excluding steroid dienone is 5. The Kier molecular flexibility index (Phi) is 46.6. The van der Waals surface area contributed by atoms with E-state index in [0.717, 1.165) is 64.2 Å². The summed E-state index contributed by atoms with van der Waals surface area (Å²) in [5, 5.41) is 23.7. The van der Waals surface area contributed by atoms with Crippen molar-refractivity contribution in [2.45, 2.75) is 289 Å². The van der Waals surface area contributed by atoms with Gasteiger partial charge in [-0.05, 0) is 63.9 Å². The van der Waals surface area contributed by atoms with Crippen LogP contribution in [0.25, 0.3) is 0 Å². The van der Waals surface area contributed by atoms with E-state index in [1.165, 1.54) is 167 Å². The standard InChI is InChI=1S/C54H101NO5/c1-4-7-10-13-16-19-22-24-26-27-28-31-34-37-40-43-46-52(57)51(49-56)55-53(58)48-50(45-42-39-36-33-30-21-18-15-12-9-6-3)60-54(59)47-44-41-38-35-32-29-25-23-20-17-14-11-8-5-2/h29,32-33,36,42,45,50-52,56-57H,4-28,30-31,34-35,37-41,43-44,46-49H2,1-3H3,(H,55,58)/b32-29-,36-33-,45-42+. The predicted molar refractivity (Wildman–Crippen MR) is 259 cm³/mol. The van der Waals surface area contributed by atoms with Crippen molar-refractivity contribution >= 4 is 11.9 Å². The van der Waals surface area contributed by atoms with Crippen molar-refractivity contribution < 1.29 is 24.5 Å². The highest BCUT2D eigenvalue weighted by Crippen LogP contribution is 2.16. The van der Waals surface area contributed by atoms with Gasteiger partial charge in [-0.15, -0.1) is 0 Å². The number of esters is 1. The maximum absolute atomic E-state index is 13.2. The number of aliphatic hydroxyl groups is 2. The minimum Gasteiger partial charge on any atom is -0.458 e. The molecular formula is C54H101NO5. The quantitative estimate of drug-likeness (QED) is 0.0322. The lowest BCUT2D eigenvalue weighted by Crippen LogP contribution is -2.46. The zero-order valence-corrected chi connectivity index (χ0v) is 40.1. The highest BCUT2D eigenvalue weighted by atomic mass is 16.5. The molecule has 0 aliphatic heterocycles. The highest BCUT2D eigenvalue weighted by molar-refractivity contribution is 5.78. The van der Waals surface area contributed by atoms with Crippen molar-refractivity contribution in [3.05, 3.63) is 36.5 Å². The predicted octanol–water partition coefficient (Wildman–Crippen LogP) is 15.7. The number of nitrogens with one attached hydrogen (secondary N) is 1. The number of unbranched alkanes of at least 4 members (excludes halogenated alkanes) is 31. The molecular weight excluding hydrogens is 743 g/mol. The molecule has 6 nitrogen and oxygen atoms in total. The number of amides is 1. The van der Waals surface area contributed by atoms with E-state index >= 15 is 0 Å². The van der Waals surface area contributed by atoms with Crippen molar-refractivity contribution in [3.63, 3.8) is 0 Å². The van der Waals surface area contributed by atoms with Gasteiger partial charge in [0.1, 0.15) is 6.10 Å². The molecule has 0 aromatic heterocycles. The van der Waals surface area contributed by atoms with E-state index in [9.17, 15) is 19.8 Å². The van der Waals surface area contributed by atoms with Gasteiger partial charge in [-0.25, -0.2) is 0 Å². The lowest BCUT2D eigenvalue weighted by molar-refractivity contribution is -0.148. The van der Waals surface area contributed by atoms with Gasteiger partial charge in [-0.2, -0.15) is 0 Å². The summed E-state index contributed by atoms with van der Waals surface area (Å²) in [5.41, 5.74) is 0. The summed E-state index contributed by atoms with van der Waals surface area (Å²) in [6.07, 6.45) is 56.7. The molecule has 0 rings (SSSR count). The van der Waals surface area contributed by atoms with Gasteiger partial charge in [0.05, 0.1) is 25.2 Å². The van der Waals surface area contributed by atoms with E-state index in [4.69, 9.17) is 4.74 Å². The fraction of sp³-hybridized carbons (Fsp3) is 0.852. The molecule has 0 saturated carbocycles. The molecule has 0 spiro atoms. The molecule has 0 aliphatic rings. The number of aliphatic hydroxyl groups excluding tert-OH is 2. The molecule has 0 radical (unpaired) electrons. The molecule has 352 valence electrons. The van der Waals surface area contributed by atoms with Gasteiger partial charge in [0.15, 0.2) is 0 Å². The second-order valence-corrected chi connectivity index (χ2v) is 17.9. The molecule has 0 heterocycles. The molecule has 0 aromatic carbocycles. The summed E-state index contributed by atoms with van der Waals surface area (Å²) < 4.78 is 5.82. The van der Waals surface area contributed by atoms with Crippen LogP contribution in [0.3, 0.4) is 0 Å². The van der Waals surface area contributed by atoms with Crippen molar-refractivity contribution in [2.75, 3.05) is 6.61 Å². The Morgan fingerprint density at radius 2 is 0.883 bits per heavy atom. The summed E-state index contributed by atoms with van der Waals surface area (Å²) in [5.74, 6) is -0.614. The average Bonchev–Trinajstić information content (AvgIpc) is 3.24. The van der Waals surface area contributed by atoms with E-state index in [2.05, 4.69) is 50.4 Å². The van der Waals surface area contributed by atoms with Crippen LogP contribution in [0.1, 0.15) is 271 Å². The van der Waals surface area contributed by atoms with E-state index < -0.39 is 18.2 Å². The maximum Gasteiger partial charge on any atom is 0.306 e. The van der Waals surface area contributed by atoms with Crippen LogP contribution in [0.15, 0.2) is 36.5 Å². The Morgan fingerprint density at radius 1 is 0.500 bits per heavy atom. The first-order valence-electron chi connectivity index (χ1n) is 26.2. The Balaban J connectivity index is 4.57. The Labute approximate surface area is 373 Å². The lowest BCUT2D eigenvalue weighted by Gasteiger charge is -2.23. The fourth-order valence-electron chi connectivity index (χ4n) is 7.92. The topological polar surface area (TPSA) is 95.9 Å². The SMILES string of the molecule is CCCCCCCC/C=C\C/C=C/C(CC(=O)NC(CO)C(O)CCCCCCCCCCCCCCCCCC)OC(=O)CCCCC/C=C\CCCCCCCCC. The molecule has 0 aliphatic carbocycles. The van der Waals surface area contributed by atoms with Crippen molar-refractivity contribution in [1.29, 1.82) is 0 Å². The number of ether oxygens (including phenoxy) is 1. The Bertz CT molecular complexity index is 993. The number of hydrogen-bond donors (Lipinski definition) is 3. The fourth-order valence-corrected chi connectivity index (χ4v) is 7.92. The summed E-state index contributed by atoms with van der Waals surface area (Å²) in [6, 6.07) is -0.733. The van der Waals surface area contributed by atoms with Gasteiger partial charge >= 0.3 is 5.97 Å². The smallest absolute Gasteiger partial charge is 0.306 e. The number of carbonyl (C=O) groups excluding carboxylic acids is 2. The number of hydrogen-bond acceptors (Lipinski definition) is 5. The van der Waals surface area contributed by atoms with E-state index in [-0.39, 0.29) is 24.9 Å². The summed E-state index contributed by atoms with van der Waals surface area (Å²) in [4.78, 5) is 26.0. The van der Waals surface area contributed by atoms with Crippen LogP contribution < -0.4 is 5.32 Å². The first kappa shape index (κ1) is 58.1. The summed E-state index contributed by atoms with van der Waals surface area (Å²) in [7, 11) is 0. The zero-order chi connectivity index (χ0) is 43.8. The van der Waals surface area contributed by atoms with Crippen LogP contribution in [0, 0.1) is 0 Å². The molecule has 3 unspecified atom stereocenters. The monoisotopic (exact) mass is 844 g/mol. The van der Waals surface area contributed by atoms with E-state index in [1.807, 2.05) is 12.2 Å². The van der Waals surface area contributed by atoms with Crippen LogP contribution in [0.5, 0.6) is 0 Å². The van der Waals surface area contributed by atoms with Gasteiger partial charge < -0.3 is 20.3 Å². The van der Waals surface area contributed by atoms with Crippen LogP contribution in [-0.2, 0) is 14.3 Å². The molecule has 3 N–H and O–H groups in total. The first-order chi connectivity index (χ1) is 29.5. The molecule has 1 amide bonds. The minimum atomic E-state index is -0.811. The third kappa shape index (κ3) is 42.8. The van der Waals surface area contributed by atoms with E-state index in [1.54, 1.807) is 0 Å². The van der Waals surface area contributed by atoms with Gasteiger partial charge in [0.25, 0.3) is 0 Å². The molecule has 0 saturated heterocycles. The number of rotatable bonds is 47. The largest absolute Gasteiger partial charge is 0.458 e. The minimum absolute atomic E-state index is 0.0322. The Hall–Kier alpha value is -1.92. The van der Waals surface area contributed by atoms with Crippen LogP contribution in [0.4, 0.5) is 0 Å². The second kappa shape index (κ2) is 48.1. The van der Waals surface area contributed by atoms with Crippen LogP contribution in [-0.4, -0.2) is 46.9 Å². The summed E-state index contributed by atoms with van der Waals surface area (Å²) >= 11 is 0. The molecule has 6 heteroatoms. The number of carbonyl (C=O) groups is 2. The molecule has 0 fully saturated rings. The summed E-state index contributed by atoms with van der Waals surface area (Å²) in [6.45, 7) is 6.45. The van der Waals surface area contributed by atoms with Gasteiger partial charge in [0, 0.05) is 6.42 Å². The van der Waals surface area contributed by atoms with Crippen LogP contribution >= 0.6 is 0 Å². The average molecular weight is 844 g/mol. The van der Waals surface area contributed by atoms with Gasteiger partial charge in [-0.3, -0.25) is 9.59 Å². The van der Waals surface area contributed by atoms with Gasteiger partial charge in [0.2, 0.25) is 5.91 Å². The molecule has 0 bridgehead atoms. The van der Waals surface area contributed by atoms with Crippen molar-refractivity contribution in [3.8, 4) is 0 Å². The van der Waals surface area contributed by atoms with E-state index in [0.29, 0.717) is 12.8 Å². The van der Waals surface area contributed by atoms with Crippen molar-refractivity contribution in [2.24, 2.45) is 0 Å². The molecule has 0 aromatic rings. The van der Waals surface area contributed by atoms with Crippen LogP contribution in [0.2, 0.25) is 0 Å². The molecule has 3 atom stereocenters. The highest BCUT2D eigenvalue weighted by Gasteiger charge is 2.23. The first-order valence-corrected chi connectivity index (χ1v) is 26.2. The molecule has 60 heavy (non-hydrogen) atoms. The lowest BCUT2D eigenvalue weighted by atomic mass is 10.0. The normalized spacial score (nSPS) is 13.5. The van der Waals surface area contributed by atoms with Gasteiger partial charge in [-0.1, -0.05) is 231 Å². The maximum atomic E-state index is 13.2. The second-order valence-electron chi connectivity index (χ2n) is 17.9. The third-order valence-electron chi connectivity index (χ3n) is 11.9. The van der Waals surface area contributed by atoms with Crippen molar-refractivity contribution in [1.82, 2.24) is 5.32 Å².